The first-order valence-corrected chi connectivity index (χ1v) is 5.53. The van der Waals surface area contributed by atoms with Crippen molar-refractivity contribution in [3.8, 4) is 5.75 Å². The number of para-hydroxylation sites is 1. The summed E-state index contributed by atoms with van der Waals surface area (Å²) < 4.78 is 0. The number of aromatic hydroxyl groups is 1. The highest BCUT2D eigenvalue weighted by Gasteiger charge is 2.03. The number of amides is 1. The molecule has 0 radical (unpaired) electrons. The number of rotatable bonds is 6. The van der Waals surface area contributed by atoms with Gasteiger partial charge < -0.3 is 5.11 Å². The summed E-state index contributed by atoms with van der Waals surface area (Å²) in [4.78, 5) is 14.7. The third kappa shape index (κ3) is 4.03. The summed E-state index contributed by atoms with van der Waals surface area (Å²) in [5, 5.41) is 18.2. The molecule has 18 heavy (non-hydrogen) atoms. The highest BCUT2D eigenvalue weighted by Crippen LogP contribution is 2.21. The van der Waals surface area contributed by atoms with Crippen LogP contribution in [0.15, 0.2) is 35.8 Å². The van der Waals surface area contributed by atoms with Crippen LogP contribution in [0.2, 0.25) is 0 Å². The number of nitrogens with one attached hydrogen (secondary N) is 1. The summed E-state index contributed by atoms with van der Waals surface area (Å²) >= 11 is 0. The molecule has 0 heterocycles. The lowest BCUT2D eigenvalue weighted by atomic mass is 10.1. The zero-order valence-electron chi connectivity index (χ0n) is 9.97. The van der Waals surface area contributed by atoms with Crippen LogP contribution in [-0.2, 0) is 11.2 Å². The molecule has 0 fully saturated rings. The van der Waals surface area contributed by atoms with E-state index in [0.29, 0.717) is 12.0 Å². The molecule has 96 valence electrons. The van der Waals surface area contributed by atoms with Gasteiger partial charge in [0.25, 0.3) is 0 Å². The summed E-state index contributed by atoms with van der Waals surface area (Å²) in [5.41, 5.74) is 2.90. The third-order valence-electron chi connectivity index (χ3n) is 2.34. The van der Waals surface area contributed by atoms with Crippen LogP contribution in [0, 0.1) is 0 Å². The Hall–Kier alpha value is -2.14. The quantitative estimate of drug-likeness (QED) is 0.308. The van der Waals surface area contributed by atoms with E-state index in [-0.39, 0.29) is 18.7 Å². The Labute approximate surface area is 105 Å². The molecule has 0 aliphatic rings. The van der Waals surface area contributed by atoms with Crippen molar-refractivity contribution < 1.29 is 15.1 Å². The molecule has 0 atom stereocenters. The monoisotopic (exact) mass is 248 g/mol. The fraction of sp³-hybridized carbons (Fsp3) is 0.231. The zero-order valence-corrected chi connectivity index (χ0v) is 9.97. The van der Waals surface area contributed by atoms with E-state index in [4.69, 9.17) is 5.21 Å². The van der Waals surface area contributed by atoms with Crippen molar-refractivity contribution in [1.29, 1.82) is 0 Å². The van der Waals surface area contributed by atoms with Crippen LogP contribution in [0.5, 0.6) is 5.75 Å². The van der Waals surface area contributed by atoms with Gasteiger partial charge in [0.05, 0.1) is 0 Å². The smallest absolute Gasteiger partial charge is 0.245 e. The zero-order chi connectivity index (χ0) is 13.4. The number of benzene rings is 1. The number of allylic oxidation sites excluding steroid dienone is 1. The van der Waals surface area contributed by atoms with Crippen LogP contribution in [0.3, 0.4) is 0 Å². The molecule has 1 amide bonds. The number of hydroxylamine groups is 1. The Morgan fingerprint density at radius 2 is 2.28 bits per heavy atom. The Morgan fingerprint density at radius 3 is 2.94 bits per heavy atom. The molecular weight excluding hydrogens is 232 g/mol. The normalized spacial score (nSPS) is 10.5. The first-order valence-electron chi connectivity index (χ1n) is 5.53. The van der Waals surface area contributed by atoms with Gasteiger partial charge in [0.1, 0.15) is 5.75 Å². The Kier molecular flexibility index (Phi) is 5.60. The van der Waals surface area contributed by atoms with Gasteiger partial charge in [0, 0.05) is 24.7 Å². The van der Waals surface area contributed by atoms with Gasteiger partial charge in [-0.05, 0) is 18.1 Å². The first-order chi connectivity index (χ1) is 8.69. The van der Waals surface area contributed by atoms with E-state index in [2.05, 4.69) is 11.6 Å². The number of nitrogens with zero attached hydrogens (tertiary/aromatic N) is 1. The lowest BCUT2D eigenvalue weighted by Gasteiger charge is -2.04. The molecule has 0 aliphatic carbocycles. The van der Waals surface area contributed by atoms with Gasteiger partial charge in [0.2, 0.25) is 5.91 Å². The van der Waals surface area contributed by atoms with Crippen LogP contribution in [0.1, 0.15) is 17.5 Å². The van der Waals surface area contributed by atoms with E-state index in [1.54, 1.807) is 12.1 Å². The molecular formula is C13H16N2O3. The topological polar surface area (TPSA) is 81.9 Å². The Bertz CT molecular complexity index is 456. The van der Waals surface area contributed by atoms with Crippen molar-refractivity contribution in [1.82, 2.24) is 5.48 Å². The molecule has 5 heteroatoms. The van der Waals surface area contributed by atoms with Crippen molar-refractivity contribution in [2.24, 2.45) is 4.99 Å². The predicted octanol–water partition coefficient (Wildman–Crippen LogP) is 1.44. The van der Waals surface area contributed by atoms with Gasteiger partial charge in [0.15, 0.2) is 0 Å². The molecule has 0 bridgehead atoms. The van der Waals surface area contributed by atoms with Gasteiger partial charge in [-0.3, -0.25) is 15.0 Å². The summed E-state index contributed by atoms with van der Waals surface area (Å²) in [6.45, 7) is 3.87. The standard InChI is InChI=1S/C13H16N2O3/c1-2-4-10-5-3-6-11(13(10)17)9-14-8-7-12(16)15-18/h2-3,5-6,9,17-18H,1,4,7-8H2,(H,15,16). The summed E-state index contributed by atoms with van der Waals surface area (Å²) in [5.74, 6) is -0.315. The van der Waals surface area contributed by atoms with Crippen LogP contribution >= 0.6 is 0 Å². The molecule has 0 aliphatic heterocycles. The van der Waals surface area contributed by atoms with Crippen molar-refractivity contribution in [2.75, 3.05) is 6.54 Å². The lowest BCUT2D eigenvalue weighted by Crippen LogP contribution is -2.18. The van der Waals surface area contributed by atoms with E-state index in [0.717, 1.165) is 5.56 Å². The van der Waals surface area contributed by atoms with E-state index < -0.39 is 5.91 Å². The molecule has 5 nitrogen and oxygen atoms in total. The van der Waals surface area contributed by atoms with Crippen molar-refractivity contribution in [3.05, 3.63) is 42.0 Å². The average Bonchev–Trinajstić information content (AvgIpc) is 2.38. The number of carbonyl (C=O) groups is 1. The molecule has 0 aromatic heterocycles. The number of phenolic OH excluding ortho intramolecular Hbond substituents is 1. The fourth-order valence-corrected chi connectivity index (χ4v) is 1.42. The number of carbonyl (C=O) groups excluding carboxylic acids is 1. The summed E-state index contributed by atoms with van der Waals surface area (Å²) in [6, 6.07) is 5.37. The van der Waals surface area contributed by atoms with Crippen LogP contribution in [-0.4, -0.2) is 29.0 Å². The van der Waals surface area contributed by atoms with Crippen LogP contribution in [0.25, 0.3) is 0 Å². The van der Waals surface area contributed by atoms with Gasteiger partial charge in [-0.15, -0.1) is 6.58 Å². The van der Waals surface area contributed by atoms with Crippen molar-refractivity contribution in [3.63, 3.8) is 0 Å². The highest BCUT2D eigenvalue weighted by atomic mass is 16.5. The number of hydrogen-bond acceptors (Lipinski definition) is 4. The number of aliphatic imine (C=N–C) groups is 1. The Balaban J connectivity index is 2.66. The van der Waals surface area contributed by atoms with Crippen LogP contribution < -0.4 is 5.48 Å². The molecule has 0 spiro atoms. The van der Waals surface area contributed by atoms with Gasteiger partial charge in [-0.1, -0.05) is 18.2 Å². The first kappa shape index (κ1) is 13.9. The lowest BCUT2D eigenvalue weighted by molar-refractivity contribution is -0.128. The molecule has 0 saturated carbocycles. The molecule has 0 saturated heterocycles. The summed E-state index contributed by atoms with van der Waals surface area (Å²) in [6.07, 6.45) is 3.90. The maximum atomic E-state index is 10.7. The van der Waals surface area contributed by atoms with Crippen molar-refractivity contribution in [2.45, 2.75) is 12.8 Å². The van der Waals surface area contributed by atoms with E-state index in [9.17, 15) is 9.90 Å². The minimum atomic E-state index is -0.489. The van der Waals surface area contributed by atoms with Gasteiger partial charge in [-0.2, -0.15) is 0 Å². The maximum Gasteiger partial charge on any atom is 0.245 e. The second kappa shape index (κ2) is 7.24. The molecule has 0 unspecified atom stereocenters. The Morgan fingerprint density at radius 1 is 1.50 bits per heavy atom. The van der Waals surface area contributed by atoms with E-state index in [1.165, 1.54) is 11.7 Å². The minimum Gasteiger partial charge on any atom is -0.507 e. The highest BCUT2D eigenvalue weighted by molar-refractivity contribution is 5.84. The maximum absolute atomic E-state index is 10.7. The van der Waals surface area contributed by atoms with Crippen LogP contribution in [0.4, 0.5) is 0 Å². The molecule has 3 N–H and O–H groups in total. The molecule has 1 aromatic carbocycles. The minimum absolute atomic E-state index is 0.0973. The molecule has 1 rings (SSSR count). The second-order valence-corrected chi connectivity index (χ2v) is 3.67. The molecule has 1 aromatic rings. The number of phenols is 1. The largest absolute Gasteiger partial charge is 0.507 e. The van der Waals surface area contributed by atoms with E-state index >= 15 is 0 Å². The third-order valence-corrected chi connectivity index (χ3v) is 2.34. The second-order valence-electron chi connectivity index (χ2n) is 3.67. The SMILES string of the molecule is C=CCc1cccc(C=NCCC(=O)NO)c1O. The summed E-state index contributed by atoms with van der Waals surface area (Å²) in [7, 11) is 0. The van der Waals surface area contributed by atoms with Gasteiger partial charge in [-0.25, -0.2) is 5.48 Å². The predicted molar refractivity (Wildman–Crippen MR) is 69.0 cm³/mol. The van der Waals surface area contributed by atoms with Crippen molar-refractivity contribution >= 4 is 12.1 Å². The average molecular weight is 248 g/mol. The van der Waals surface area contributed by atoms with Gasteiger partial charge >= 0.3 is 0 Å². The number of hydrogen-bond donors (Lipinski definition) is 3. The van der Waals surface area contributed by atoms with E-state index in [1.807, 2.05) is 12.1 Å². The fourth-order valence-electron chi connectivity index (χ4n) is 1.42.